The van der Waals surface area contributed by atoms with E-state index in [4.69, 9.17) is 11.6 Å². The van der Waals surface area contributed by atoms with Crippen molar-refractivity contribution in [2.24, 2.45) is 7.05 Å². The van der Waals surface area contributed by atoms with Gasteiger partial charge >= 0.3 is 0 Å². The number of hydrogen-bond acceptors (Lipinski definition) is 3. The van der Waals surface area contributed by atoms with Gasteiger partial charge in [0.1, 0.15) is 0 Å². The molecule has 0 spiro atoms. The van der Waals surface area contributed by atoms with Gasteiger partial charge in [-0.3, -0.25) is 9.48 Å². The quantitative estimate of drug-likeness (QED) is 0.549. The van der Waals surface area contributed by atoms with Crippen molar-refractivity contribution in [3.8, 4) is 5.69 Å². The second-order valence-corrected chi connectivity index (χ2v) is 5.12. The Morgan fingerprint density at radius 3 is 2.64 bits per heavy atom. The van der Waals surface area contributed by atoms with Crippen LogP contribution in [0.4, 0.5) is 0 Å². The van der Waals surface area contributed by atoms with Crippen LogP contribution >= 0.6 is 11.6 Å². The number of halogens is 1. The number of rotatable bonds is 4. The van der Waals surface area contributed by atoms with E-state index in [-0.39, 0.29) is 5.78 Å². The summed E-state index contributed by atoms with van der Waals surface area (Å²) >= 11 is 6.00. The molecule has 0 unspecified atom stereocenters. The van der Waals surface area contributed by atoms with Gasteiger partial charge in [0.2, 0.25) is 0 Å². The summed E-state index contributed by atoms with van der Waals surface area (Å²) in [6.45, 7) is 0. The largest absolute Gasteiger partial charge is 0.306 e. The van der Waals surface area contributed by atoms with E-state index in [1.54, 1.807) is 48.7 Å². The van der Waals surface area contributed by atoms with Gasteiger partial charge in [-0.15, -0.1) is 0 Å². The van der Waals surface area contributed by atoms with Gasteiger partial charge in [0.25, 0.3) is 0 Å². The SMILES string of the molecule is Cn1ncc(Cl)c1/C=C/C(=O)c1ccc(-n2ccnc2)cc1. The van der Waals surface area contributed by atoms with Crippen molar-refractivity contribution in [1.29, 1.82) is 0 Å². The Morgan fingerprint density at radius 1 is 1.27 bits per heavy atom. The van der Waals surface area contributed by atoms with E-state index >= 15 is 0 Å². The van der Waals surface area contributed by atoms with E-state index < -0.39 is 0 Å². The third kappa shape index (κ3) is 2.84. The maximum Gasteiger partial charge on any atom is 0.185 e. The maximum atomic E-state index is 12.2. The van der Waals surface area contributed by atoms with E-state index in [1.807, 2.05) is 22.9 Å². The van der Waals surface area contributed by atoms with Gasteiger partial charge in [-0.2, -0.15) is 5.10 Å². The lowest BCUT2D eigenvalue weighted by Gasteiger charge is -2.02. The Morgan fingerprint density at radius 2 is 2.05 bits per heavy atom. The zero-order chi connectivity index (χ0) is 15.5. The van der Waals surface area contributed by atoms with Crippen molar-refractivity contribution >= 4 is 23.5 Å². The third-order valence-electron chi connectivity index (χ3n) is 3.28. The lowest BCUT2D eigenvalue weighted by molar-refractivity contribution is 0.104. The molecular formula is C16H13ClN4O. The van der Waals surface area contributed by atoms with E-state index in [0.29, 0.717) is 16.3 Å². The zero-order valence-corrected chi connectivity index (χ0v) is 12.6. The summed E-state index contributed by atoms with van der Waals surface area (Å²) in [5, 5.41) is 4.54. The first kappa shape index (κ1) is 14.3. The minimum Gasteiger partial charge on any atom is -0.306 e. The van der Waals surface area contributed by atoms with Crippen molar-refractivity contribution in [3.05, 3.63) is 71.5 Å². The molecule has 0 atom stereocenters. The Bertz CT molecular complexity index is 797. The van der Waals surface area contributed by atoms with Crippen LogP contribution in [0.25, 0.3) is 11.8 Å². The lowest BCUT2D eigenvalue weighted by Crippen LogP contribution is -1.97. The van der Waals surface area contributed by atoms with Crippen LogP contribution in [0.3, 0.4) is 0 Å². The van der Waals surface area contributed by atoms with Crippen molar-refractivity contribution in [2.45, 2.75) is 0 Å². The summed E-state index contributed by atoms with van der Waals surface area (Å²) in [7, 11) is 1.77. The topological polar surface area (TPSA) is 52.7 Å². The normalized spacial score (nSPS) is 11.2. The molecular weight excluding hydrogens is 300 g/mol. The molecule has 1 aromatic carbocycles. The summed E-state index contributed by atoms with van der Waals surface area (Å²) in [6.07, 6.45) is 9.98. The minimum absolute atomic E-state index is 0.0885. The lowest BCUT2D eigenvalue weighted by atomic mass is 10.1. The predicted octanol–water partition coefficient (Wildman–Crippen LogP) is 3.16. The van der Waals surface area contributed by atoms with Gasteiger partial charge in [-0.25, -0.2) is 4.98 Å². The fourth-order valence-electron chi connectivity index (χ4n) is 2.07. The van der Waals surface area contributed by atoms with Crippen molar-refractivity contribution in [1.82, 2.24) is 19.3 Å². The van der Waals surface area contributed by atoms with Gasteiger partial charge in [0.05, 0.1) is 23.2 Å². The average Bonchev–Trinajstić information content (AvgIpc) is 3.17. The number of hydrogen-bond donors (Lipinski definition) is 0. The van der Waals surface area contributed by atoms with Gasteiger partial charge < -0.3 is 4.57 Å². The number of nitrogens with zero attached hydrogens (tertiary/aromatic N) is 4. The molecule has 22 heavy (non-hydrogen) atoms. The molecule has 0 saturated heterocycles. The highest BCUT2D eigenvalue weighted by molar-refractivity contribution is 6.31. The van der Waals surface area contributed by atoms with Crippen LogP contribution in [-0.2, 0) is 7.05 Å². The summed E-state index contributed by atoms with van der Waals surface area (Å²) in [5.74, 6) is -0.0885. The van der Waals surface area contributed by atoms with E-state index in [1.165, 1.54) is 6.08 Å². The smallest absolute Gasteiger partial charge is 0.185 e. The number of allylic oxidation sites excluding steroid dienone is 1. The minimum atomic E-state index is -0.0885. The highest BCUT2D eigenvalue weighted by Gasteiger charge is 2.05. The van der Waals surface area contributed by atoms with Crippen molar-refractivity contribution in [2.75, 3.05) is 0 Å². The molecule has 0 aliphatic rings. The van der Waals surface area contributed by atoms with Gasteiger partial charge in [0.15, 0.2) is 5.78 Å². The maximum absolute atomic E-state index is 12.2. The van der Waals surface area contributed by atoms with Crippen molar-refractivity contribution < 1.29 is 4.79 Å². The second kappa shape index (κ2) is 5.99. The van der Waals surface area contributed by atoms with Gasteiger partial charge in [0, 0.05) is 30.7 Å². The van der Waals surface area contributed by atoms with Crippen LogP contribution in [-0.4, -0.2) is 25.1 Å². The zero-order valence-electron chi connectivity index (χ0n) is 11.8. The average molecular weight is 313 g/mol. The first-order chi connectivity index (χ1) is 10.6. The van der Waals surface area contributed by atoms with Crippen LogP contribution in [0, 0.1) is 0 Å². The molecule has 0 aliphatic carbocycles. The highest BCUT2D eigenvalue weighted by Crippen LogP contribution is 2.16. The monoisotopic (exact) mass is 312 g/mol. The van der Waals surface area contributed by atoms with E-state index in [9.17, 15) is 4.79 Å². The number of ketones is 1. The number of carbonyl (C=O) groups is 1. The molecule has 0 bridgehead atoms. The number of aryl methyl sites for hydroxylation is 1. The Balaban J connectivity index is 1.78. The van der Waals surface area contributed by atoms with Crippen LogP contribution in [0.15, 0.2) is 55.3 Å². The van der Waals surface area contributed by atoms with Crippen LogP contribution in [0.5, 0.6) is 0 Å². The van der Waals surface area contributed by atoms with Crippen LogP contribution in [0.1, 0.15) is 16.1 Å². The summed E-state index contributed by atoms with van der Waals surface area (Å²) in [5.41, 5.74) is 2.26. The Labute approximate surface area is 132 Å². The molecule has 110 valence electrons. The fraction of sp³-hybridized carbons (Fsp3) is 0.0625. The van der Waals surface area contributed by atoms with Gasteiger partial charge in [-0.05, 0) is 36.4 Å². The van der Waals surface area contributed by atoms with E-state index in [0.717, 1.165) is 5.69 Å². The molecule has 5 nitrogen and oxygen atoms in total. The molecule has 0 amide bonds. The van der Waals surface area contributed by atoms with E-state index in [2.05, 4.69) is 10.1 Å². The number of aromatic nitrogens is 4. The molecule has 0 saturated carbocycles. The molecule has 2 aromatic heterocycles. The molecule has 3 aromatic rings. The fourth-order valence-corrected chi connectivity index (χ4v) is 2.30. The first-order valence-corrected chi connectivity index (χ1v) is 7.01. The van der Waals surface area contributed by atoms with Crippen LogP contribution < -0.4 is 0 Å². The number of imidazole rings is 1. The molecule has 0 fully saturated rings. The molecule has 0 radical (unpaired) electrons. The highest BCUT2D eigenvalue weighted by atomic mass is 35.5. The molecule has 2 heterocycles. The van der Waals surface area contributed by atoms with Crippen LogP contribution in [0.2, 0.25) is 5.02 Å². The Hall–Kier alpha value is -2.66. The number of benzene rings is 1. The second-order valence-electron chi connectivity index (χ2n) is 4.72. The molecule has 0 N–H and O–H groups in total. The van der Waals surface area contributed by atoms with Crippen molar-refractivity contribution in [3.63, 3.8) is 0 Å². The molecule has 6 heteroatoms. The standard InChI is InChI=1S/C16H13ClN4O/c1-20-15(14(17)10-19-20)6-7-16(22)12-2-4-13(5-3-12)21-9-8-18-11-21/h2-11H,1H3/b7-6+. The predicted molar refractivity (Wildman–Crippen MR) is 85.1 cm³/mol. The third-order valence-corrected chi connectivity index (χ3v) is 3.58. The molecule has 0 aliphatic heterocycles. The summed E-state index contributed by atoms with van der Waals surface area (Å²) in [4.78, 5) is 16.2. The molecule has 3 rings (SSSR count). The van der Waals surface area contributed by atoms with Gasteiger partial charge in [-0.1, -0.05) is 11.6 Å². The summed E-state index contributed by atoms with van der Waals surface area (Å²) < 4.78 is 3.49. The Kier molecular flexibility index (Phi) is 3.89. The number of carbonyl (C=O) groups excluding carboxylic acids is 1. The first-order valence-electron chi connectivity index (χ1n) is 6.63. The summed E-state index contributed by atoms with van der Waals surface area (Å²) in [6, 6.07) is 7.32.